The van der Waals surface area contributed by atoms with E-state index < -0.39 is 0 Å². The number of nitrogens with zero attached hydrogens (tertiary/aromatic N) is 2. The zero-order valence-electron chi connectivity index (χ0n) is 19.8. The first-order valence-electron chi connectivity index (χ1n) is 11.2. The number of carbonyl (C=O) groups is 2. The average Bonchev–Trinajstić information content (AvgIpc) is 2.74. The first kappa shape index (κ1) is 24.4. The Labute approximate surface area is 187 Å². The van der Waals surface area contributed by atoms with Crippen LogP contribution in [-0.4, -0.2) is 37.4 Å². The summed E-state index contributed by atoms with van der Waals surface area (Å²) in [6.07, 6.45) is 1.18. The summed E-state index contributed by atoms with van der Waals surface area (Å²) >= 11 is 0. The van der Waals surface area contributed by atoms with Gasteiger partial charge in [-0.05, 0) is 41.7 Å². The molecule has 0 radical (unpaired) electrons. The zero-order chi connectivity index (χ0) is 23.0. The number of hydrogen-bond donors (Lipinski definition) is 1. The molecule has 0 heterocycles. The van der Waals surface area contributed by atoms with Crippen LogP contribution in [0.4, 0.5) is 11.4 Å². The number of amides is 2. The van der Waals surface area contributed by atoms with Crippen molar-refractivity contribution in [3.8, 4) is 0 Å². The molecule has 0 bridgehead atoms. The molecule has 2 amide bonds. The maximum atomic E-state index is 13.6. The molecule has 0 unspecified atom stereocenters. The molecule has 31 heavy (non-hydrogen) atoms. The molecule has 0 saturated heterocycles. The number of carbonyl (C=O) groups excluding carboxylic acids is 2. The van der Waals surface area contributed by atoms with Crippen molar-refractivity contribution in [2.24, 2.45) is 5.92 Å². The topological polar surface area (TPSA) is 52.7 Å². The van der Waals surface area contributed by atoms with E-state index in [0.717, 1.165) is 28.9 Å². The summed E-state index contributed by atoms with van der Waals surface area (Å²) in [5, 5.41) is 2.94. The van der Waals surface area contributed by atoms with Crippen LogP contribution >= 0.6 is 0 Å². The van der Waals surface area contributed by atoms with Crippen LogP contribution in [0.3, 0.4) is 0 Å². The molecule has 0 aromatic heterocycles. The highest BCUT2D eigenvalue weighted by molar-refractivity contribution is 5.91. The highest BCUT2D eigenvalue weighted by atomic mass is 16.2. The van der Waals surface area contributed by atoms with E-state index in [0.29, 0.717) is 25.4 Å². The molecule has 1 atom stereocenters. The monoisotopic (exact) mass is 423 g/mol. The second-order valence-corrected chi connectivity index (χ2v) is 8.62. The highest BCUT2D eigenvalue weighted by Gasteiger charge is 2.26. The summed E-state index contributed by atoms with van der Waals surface area (Å²) in [7, 11) is 3.99. The Hall–Kier alpha value is -2.82. The Balaban J connectivity index is 2.39. The molecule has 0 aliphatic carbocycles. The maximum Gasteiger partial charge on any atom is 0.230 e. The average molecular weight is 424 g/mol. The molecule has 0 aliphatic rings. The van der Waals surface area contributed by atoms with Gasteiger partial charge in [0.1, 0.15) is 0 Å². The van der Waals surface area contributed by atoms with Gasteiger partial charge in [0.2, 0.25) is 11.8 Å². The summed E-state index contributed by atoms with van der Waals surface area (Å²) in [6, 6.07) is 15.9. The van der Waals surface area contributed by atoms with Gasteiger partial charge in [-0.2, -0.15) is 0 Å². The van der Waals surface area contributed by atoms with E-state index in [4.69, 9.17) is 0 Å². The van der Waals surface area contributed by atoms with E-state index in [9.17, 15) is 9.59 Å². The quantitative estimate of drug-likeness (QED) is 0.566. The van der Waals surface area contributed by atoms with Crippen molar-refractivity contribution in [2.75, 3.05) is 30.9 Å². The van der Waals surface area contributed by atoms with E-state index in [1.807, 2.05) is 79.3 Å². The predicted octanol–water partition coefficient (Wildman–Crippen LogP) is 5.28. The molecular weight excluding hydrogens is 386 g/mol. The van der Waals surface area contributed by atoms with Gasteiger partial charge in [0, 0.05) is 45.0 Å². The minimum atomic E-state index is -0.161. The molecule has 2 rings (SSSR count). The summed E-state index contributed by atoms with van der Waals surface area (Å²) in [5.74, 6) is 0.317. The third-order valence-electron chi connectivity index (χ3n) is 5.33. The van der Waals surface area contributed by atoms with E-state index in [-0.39, 0.29) is 17.7 Å². The normalized spacial score (nSPS) is 11.8. The lowest BCUT2D eigenvalue weighted by Gasteiger charge is -2.30. The number of nitrogens with one attached hydrogen (secondary N) is 1. The van der Waals surface area contributed by atoms with Crippen molar-refractivity contribution in [2.45, 2.75) is 53.0 Å². The van der Waals surface area contributed by atoms with Crippen LogP contribution in [0.15, 0.2) is 48.5 Å². The van der Waals surface area contributed by atoms with Crippen LogP contribution in [0.2, 0.25) is 0 Å². The van der Waals surface area contributed by atoms with Gasteiger partial charge in [0.25, 0.3) is 0 Å². The van der Waals surface area contributed by atoms with Crippen molar-refractivity contribution >= 4 is 23.2 Å². The van der Waals surface area contributed by atoms with Gasteiger partial charge >= 0.3 is 0 Å². The van der Waals surface area contributed by atoms with Gasteiger partial charge in [0.15, 0.2) is 0 Å². The van der Waals surface area contributed by atoms with Gasteiger partial charge in [-0.3, -0.25) is 9.59 Å². The lowest BCUT2D eigenvalue weighted by atomic mass is 9.94. The molecule has 5 nitrogen and oxygen atoms in total. The van der Waals surface area contributed by atoms with Crippen LogP contribution in [0, 0.1) is 5.92 Å². The molecular formula is C26H37N3O2. The van der Waals surface area contributed by atoms with E-state index in [1.165, 1.54) is 0 Å². The van der Waals surface area contributed by atoms with Gasteiger partial charge in [-0.15, -0.1) is 0 Å². The summed E-state index contributed by atoms with van der Waals surface area (Å²) < 4.78 is 0. The molecule has 2 aromatic carbocycles. The molecule has 5 heteroatoms. The first-order valence-corrected chi connectivity index (χ1v) is 11.2. The third-order valence-corrected chi connectivity index (χ3v) is 5.33. The van der Waals surface area contributed by atoms with Crippen molar-refractivity contribution in [3.63, 3.8) is 0 Å². The van der Waals surface area contributed by atoms with Crippen LogP contribution in [0.25, 0.3) is 0 Å². The molecule has 1 N–H and O–H groups in total. The maximum absolute atomic E-state index is 13.6. The second-order valence-electron chi connectivity index (χ2n) is 8.62. The third kappa shape index (κ3) is 6.84. The summed E-state index contributed by atoms with van der Waals surface area (Å²) in [6.45, 7) is 9.35. The van der Waals surface area contributed by atoms with Crippen LogP contribution in [-0.2, 0) is 16.1 Å². The molecule has 0 saturated carbocycles. The fraction of sp³-hybridized carbons (Fsp3) is 0.462. The second kappa shape index (κ2) is 11.5. The SMILES string of the molecule is CCC(=O)Nc1ccc(N(C)C)c(CN(CC(C)C)C(=O)[C@H](CC)c2ccccc2)c1. The van der Waals surface area contributed by atoms with Gasteiger partial charge < -0.3 is 15.1 Å². The Morgan fingerprint density at radius 2 is 1.68 bits per heavy atom. The minimum Gasteiger partial charge on any atom is -0.377 e. The number of hydrogen-bond acceptors (Lipinski definition) is 3. The fourth-order valence-corrected chi connectivity index (χ4v) is 3.81. The van der Waals surface area contributed by atoms with E-state index in [2.05, 4.69) is 26.1 Å². The summed E-state index contributed by atoms with van der Waals surface area (Å²) in [5.41, 5.74) is 3.89. The van der Waals surface area contributed by atoms with E-state index >= 15 is 0 Å². The van der Waals surface area contributed by atoms with Crippen molar-refractivity contribution < 1.29 is 9.59 Å². The molecule has 168 valence electrons. The standard InChI is InChI=1S/C26H37N3O2/c1-7-23(20-12-10-9-11-13-20)26(31)29(17-19(3)4)18-21-16-22(27-25(30)8-2)14-15-24(21)28(5)6/h9-16,19,23H,7-8,17-18H2,1-6H3,(H,27,30)/t23-/m1/s1. The predicted molar refractivity (Wildman–Crippen MR) is 129 cm³/mol. The number of anilines is 2. The van der Waals surface area contributed by atoms with Crippen LogP contribution < -0.4 is 10.2 Å². The van der Waals surface area contributed by atoms with Crippen LogP contribution in [0.1, 0.15) is 57.6 Å². The van der Waals surface area contributed by atoms with Crippen molar-refractivity contribution in [1.82, 2.24) is 4.90 Å². The molecule has 0 aliphatic heterocycles. The minimum absolute atomic E-state index is 0.0196. The lowest BCUT2D eigenvalue weighted by molar-refractivity contribution is -0.134. The Morgan fingerprint density at radius 3 is 2.23 bits per heavy atom. The van der Waals surface area contributed by atoms with Gasteiger partial charge in [0.05, 0.1) is 5.92 Å². The number of benzene rings is 2. The molecule has 0 spiro atoms. The largest absolute Gasteiger partial charge is 0.377 e. The zero-order valence-corrected chi connectivity index (χ0v) is 19.8. The summed E-state index contributed by atoms with van der Waals surface area (Å²) in [4.78, 5) is 29.6. The molecule has 2 aromatic rings. The van der Waals surface area contributed by atoms with Crippen LogP contribution in [0.5, 0.6) is 0 Å². The van der Waals surface area contributed by atoms with E-state index in [1.54, 1.807) is 0 Å². The first-order chi connectivity index (χ1) is 14.8. The van der Waals surface area contributed by atoms with Crippen molar-refractivity contribution in [3.05, 3.63) is 59.7 Å². The van der Waals surface area contributed by atoms with Crippen molar-refractivity contribution in [1.29, 1.82) is 0 Å². The smallest absolute Gasteiger partial charge is 0.230 e. The highest BCUT2D eigenvalue weighted by Crippen LogP contribution is 2.28. The van der Waals surface area contributed by atoms with Gasteiger partial charge in [-0.25, -0.2) is 0 Å². The Morgan fingerprint density at radius 1 is 1.00 bits per heavy atom. The fourth-order valence-electron chi connectivity index (χ4n) is 3.81. The Kier molecular flexibility index (Phi) is 9.10. The lowest BCUT2D eigenvalue weighted by Crippen LogP contribution is -2.37. The number of rotatable bonds is 10. The Bertz CT molecular complexity index is 862. The van der Waals surface area contributed by atoms with Gasteiger partial charge in [-0.1, -0.05) is 58.0 Å². The molecule has 0 fully saturated rings.